The molecule has 0 radical (unpaired) electrons. The number of likely N-dealkylation sites (tertiary alicyclic amines) is 1. The van der Waals surface area contributed by atoms with Gasteiger partial charge in [-0.1, -0.05) is 30.3 Å². The van der Waals surface area contributed by atoms with Crippen molar-refractivity contribution in [2.24, 2.45) is 0 Å². The lowest BCUT2D eigenvalue weighted by molar-refractivity contribution is -0.150. The summed E-state index contributed by atoms with van der Waals surface area (Å²) in [6.45, 7) is 0.810. The molecule has 3 amide bonds. The number of amides is 3. The van der Waals surface area contributed by atoms with Gasteiger partial charge < -0.3 is 20.4 Å². The van der Waals surface area contributed by atoms with Crippen LogP contribution < -0.4 is 5.32 Å². The first-order valence-electron chi connectivity index (χ1n) is 12.0. The molecule has 2 fully saturated rings. The summed E-state index contributed by atoms with van der Waals surface area (Å²) in [5, 5.41) is 21.9. The van der Waals surface area contributed by atoms with E-state index in [1.54, 1.807) is 29.2 Å². The number of hydrogen-bond donors (Lipinski definition) is 3. The van der Waals surface area contributed by atoms with Crippen molar-refractivity contribution in [3.63, 3.8) is 0 Å². The molecule has 3 aliphatic heterocycles. The Hall–Kier alpha value is -3.70. The highest BCUT2D eigenvalue weighted by atomic mass is 32.2. The average Bonchev–Trinajstić information content (AvgIpc) is 3.24. The average molecular weight is 552 g/mol. The molecule has 2 aromatic carbocycles. The topological polar surface area (TPSA) is 127 Å². The number of carbonyl (C=O) groups is 4. The number of rotatable bonds is 8. The minimum absolute atomic E-state index is 0.124. The van der Waals surface area contributed by atoms with E-state index in [9.17, 15) is 29.4 Å². The molecule has 196 valence electrons. The van der Waals surface area contributed by atoms with Gasteiger partial charge in [0.25, 0.3) is 5.91 Å². The number of phenols is 1. The second-order valence-corrected chi connectivity index (χ2v) is 11.2. The molecule has 0 saturated carbocycles. The van der Waals surface area contributed by atoms with Crippen LogP contribution in [-0.2, 0) is 25.7 Å². The third kappa shape index (κ3) is 5.30. The number of aromatic hydroxyl groups is 1. The molecule has 38 heavy (non-hydrogen) atoms. The maximum absolute atomic E-state index is 13.0. The van der Waals surface area contributed by atoms with Crippen LogP contribution in [0.2, 0.25) is 0 Å². The van der Waals surface area contributed by atoms with E-state index in [-0.39, 0.29) is 29.0 Å². The molecule has 0 aromatic heterocycles. The standard InChI is InChI=1S/C27H25N3O6S2/c31-19-6-4-5-16(11-19)13-29-10-9-17(24(29)33)12-18-14-38-26-22(25(34)30(26)23(18)27(35)36)28-21(32)15-37-20-7-2-1-3-8-20/h1-8,11-12,22,26,31H,9-10,13-15H2,(H,28,32)(H,35,36)/t22-,26-/m1/s1. The Morgan fingerprint density at radius 1 is 1.13 bits per heavy atom. The van der Waals surface area contributed by atoms with Crippen molar-refractivity contribution in [1.82, 2.24) is 15.1 Å². The highest BCUT2D eigenvalue weighted by Crippen LogP contribution is 2.41. The van der Waals surface area contributed by atoms with E-state index in [2.05, 4.69) is 5.32 Å². The first kappa shape index (κ1) is 25.9. The number of nitrogens with one attached hydrogen (secondary N) is 1. The lowest BCUT2D eigenvalue weighted by atomic mass is 10.0. The van der Waals surface area contributed by atoms with E-state index in [0.29, 0.717) is 36.4 Å². The van der Waals surface area contributed by atoms with E-state index >= 15 is 0 Å². The molecule has 2 atom stereocenters. The number of allylic oxidation sites excluding steroid dienone is 1. The van der Waals surface area contributed by atoms with Gasteiger partial charge in [0.05, 0.1) is 5.75 Å². The van der Waals surface area contributed by atoms with Crippen molar-refractivity contribution >= 4 is 47.2 Å². The summed E-state index contributed by atoms with van der Waals surface area (Å²) < 4.78 is 0. The predicted octanol–water partition coefficient (Wildman–Crippen LogP) is 2.58. The maximum atomic E-state index is 13.0. The van der Waals surface area contributed by atoms with E-state index in [4.69, 9.17) is 0 Å². The Labute approximate surface area is 227 Å². The molecule has 11 heteroatoms. The number of fused-ring (bicyclic) bond motifs is 1. The lowest BCUT2D eigenvalue weighted by Gasteiger charge is -2.49. The molecule has 2 saturated heterocycles. The van der Waals surface area contributed by atoms with E-state index in [1.165, 1.54) is 28.4 Å². The van der Waals surface area contributed by atoms with Gasteiger partial charge in [-0.25, -0.2) is 4.79 Å². The summed E-state index contributed by atoms with van der Waals surface area (Å²) in [4.78, 5) is 54.4. The molecule has 0 unspecified atom stereocenters. The zero-order valence-electron chi connectivity index (χ0n) is 20.2. The van der Waals surface area contributed by atoms with Crippen LogP contribution in [0.5, 0.6) is 5.75 Å². The minimum Gasteiger partial charge on any atom is -0.508 e. The minimum atomic E-state index is -1.25. The summed E-state index contributed by atoms with van der Waals surface area (Å²) in [5.41, 5.74) is 1.53. The number of carboxylic acids is 1. The zero-order valence-corrected chi connectivity index (χ0v) is 21.8. The number of hydrogen-bond acceptors (Lipinski definition) is 7. The largest absolute Gasteiger partial charge is 0.508 e. The molecule has 3 heterocycles. The summed E-state index contributed by atoms with van der Waals surface area (Å²) in [6, 6.07) is 15.3. The number of aliphatic carboxylic acids is 1. The summed E-state index contributed by atoms with van der Waals surface area (Å²) in [6.07, 6.45) is 2.04. The van der Waals surface area contributed by atoms with Gasteiger partial charge in [-0.15, -0.1) is 23.5 Å². The van der Waals surface area contributed by atoms with Crippen LogP contribution in [0.1, 0.15) is 12.0 Å². The number of benzene rings is 2. The van der Waals surface area contributed by atoms with Crippen molar-refractivity contribution in [2.75, 3.05) is 18.1 Å². The van der Waals surface area contributed by atoms with Crippen molar-refractivity contribution in [1.29, 1.82) is 0 Å². The van der Waals surface area contributed by atoms with Crippen molar-refractivity contribution in [3.05, 3.63) is 83.1 Å². The summed E-state index contributed by atoms with van der Waals surface area (Å²) in [7, 11) is 0. The first-order chi connectivity index (χ1) is 18.3. The fraction of sp³-hybridized carbons (Fsp3) is 0.259. The van der Waals surface area contributed by atoms with Gasteiger partial charge in [-0.3, -0.25) is 19.3 Å². The quantitative estimate of drug-likeness (QED) is 0.260. The fourth-order valence-corrected chi connectivity index (χ4v) is 6.71. The molecule has 2 aromatic rings. The second kappa shape index (κ2) is 11.0. The number of thioether (sulfide) groups is 2. The first-order valence-corrected chi connectivity index (χ1v) is 14.0. The highest BCUT2D eigenvalue weighted by Gasteiger charge is 2.54. The molecule has 0 spiro atoms. The van der Waals surface area contributed by atoms with Crippen LogP contribution in [0.4, 0.5) is 0 Å². The van der Waals surface area contributed by atoms with Crippen molar-refractivity contribution < 1.29 is 29.4 Å². The van der Waals surface area contributed by atoms with Gasteiger partial charge >= 0.3 is 5.97 Å². The van der Waals surface area contributed by atoms with E-state index < -0.39 is 23.3 Å². The Balaban J connectivity index is 1.26. The number of carbonyl (C=O) groups excluding carboxylic acids is 3. The van der Waals surface area contributed by atoms with Crippen LogP contribution in [-0.4, -0.2) is 73.2 Å². The number of β-lactam (4-membered cyclic amide) rings is 1. The fourth-order valence-electron chi connectivity index (χ4n) is 4.67. The van der Waals surface area contributed by atoms with Gasteiger partial charge in [-0.05, 0) is 47.9 Å². The van der Waals surface area contributed by atoms with Crippen LogP contribution >= 0.6 is 23.5 Å². The Morgan fingerprint density at radius 3 is 2.66 bits per heavy atom. The number of phenolic OH excluding ortho intramolecular Hbond substituents is 1. The molecule has 5 rings (SSSR count). The summed E-state index contributed by atoms with van der Waals surface area (Å²) >= 11 is 2.72. The molecule has 0 aliphatic carbocycles. The second-order valence-electron chi connectivity index (χ2n) is 9.05. The van der Waals surface area contributed by atoms with Gasteiger partial charge in [0.15, 0.2) is 0 Å². The van der Waals surface area contributed by atoms with E-state index in [1.807, 2.05) is 36.4 Å². The van der Waals surface area contributed by atoms with Crippen molar-refractivity contribution in [3.8, 4) is 5.75 Å². The lowest BCUT2D eigenvalue weighted by Crippen LogP contribution is -2.70. The van der Waals surface area contributed by atoms with Crippen LogP contribution in [0.3, 0.4) is 0 Å². The van der Waals surface area contributed by atoms with Crippen LogP contribution in [0.15, 0.2) is 82.4 Å². The third-order valence-electron chi connectivity index (χ3n) is 6.48. The normalized spacial score (nSPS) is 21.9. The van der Waals surface area contributed by atoms with Crippen LogP contribution in [0.25, 0.3) is 0 Å². The van der Waals surface area contributed by atoms with E-state index in [0.717, 1.165) is 10.5 Å². The third-order valence-corrected chi connectivity index (χ3v) is 8.79. The van der Waals surface area contributed by atoms with Gasteiger partial charge in [-0.2, -0.15) is 0 Å². The molecular weight excluding hydrogens is 526 g/mol. The van der Waals surface area contributed by atoms with Gasteiger partial charge in [0, 0.05) is 29.3 Å². The molecule has 3 N–H and O–H groups in total. The zero-order chi connectivity index (χ0) is 26.8. The SMILES string of the molecule is O=C(CSc1ccccc1)N[C@@H]1C(=O)N2C(C(=O)O)=C(C=C3CCN(Cc4cccc(O)c4)C3=O)CS[C@H]12. The number of nitrogens with zero attached hydrogens (tertiary/aromatic N) is 2. The Bertz CT molecular complexity index is 1360. The predicted molar refractivity (Wildman–Crippen MR) is 143 cm³/mol. The molecule has 3 aliphatic rings. The number of carboxylic acid groups (broad SMARTS) is 1. The Morgan fingerprint density at radius 2 is 1.92 bits per heavy atom. The van der Waals surface area contributed by atoms with Gasteiger partial charge in [0.1, 0.15) is 22.9 Å². The molecular formula is C27H25N3O6S2. The summed E-state index contributed by atoms with van der Waals surface area (Å²) in [5.74, 6) is -1.66. The monoisotopic (exact) mass is 551 g/mol. The molecule has 0 bridgehead atoms. The van der Waals surface area contributed by atoms with Gasteiger partial charge in [0.2, 0.25) is 11.8 Å². The van der Waals surface area contributed by atoms with Crippen LogP contribution in [0, 0.1) is 0 Å². The van der Waals surface area contributed by atoms with Crippen molar-refractivity contribution in [2.45, 2.75) is 29.3 Å². The Kier molecular flexibility index (Phi) is 7.48. The maximum Gasteiger partial charge on any atom is 0.352 e. The molecule has 9 nitrogen and oxygen atoms in total. The highest BCUT2D eigenvalue weighted by molar-refractivity contribution is 8.00. The smallest absolute Gasteiger partial charge is 0.352 e.